The Hall–Kier alpha value is -2.48. The summed E-state index contributed by atoms with van der Waals surface area (Å²) in [5, 5.41) is 4.35. The Morgan fingerprint density at radius 3 is 3.17 bits per heavy atom. The van der Waals surface area contributed by atoms with Crippen LogP contribution in [-0.4, -0.2) is 41.2 Å². The molecule has 0 aliphatic carbocycles. The molecule has 3 aromatic rings. The predicted octanol–water partition coefficient (Wildman–Crippen LogP) is 1.49. The Labute approximate surface area is 133 Å². The second-order valence-corrected chi connectivity index (χ2v) is 5.83. The molecule has 0 bridgehead atoms. The molecule has 8 heteroatoms. The van der Waals surface area contributed by atoms with Crippen molar-refractivity contribution in [2.75, 3.05) is 12.3 Å². The quantitative estimate of drug-likeness (QED) is 0.757. The van der Waals surface area contributed by atoms with Crippen LogP contribution < -0.4 is 5.73 Å². The van der Waals surface area contributed by atoms with Crippen molar-refractivity contribution >= 4 is 17.0 Å². The normalized spacial score (nSPS) is 18.9. The van der Waals surface area contributed by atoms with E-state index in [1.807, 2.05) is 10.9 Å². The highest BCUT2D eigenvalue weighted by Gasteiger charge is 2.29. The van der Waals surface area contributed by atoms with Gasteiger partial charge in [0.2, 0.25) is 0 Å². The van der Waals surface area contributed by atoms with Crippen molar-refractivity contribution in [2.24, 2.45) is 0 Å². The van der Waals surface area contributed by atoms with Crippen LogP contribution in [-0.2, 0) is 13.1 Å². The van der Waals surface area contributed by atoms with Gasteiger partial charge < -0.3 is 10.7 Å². The number of nitrogens with zero attached hydrogens (tertiary/aromatic N) is 6. The van der Waals surface area contributed by atoms with E-state index in [-0.39, 0.29) is 6.04 Å². The number of nitrogen functional groups attached to an aromatic ring is 1. The Bertz CT molecular complexity index is 820. The molecule has 0 aromatic carbocycles. The number of nitrogens with two attached hydrogens (primary N) is 1. The summed E-state index contributed by atoms with van der Waals surface area (Å²) in [5.74, 6) is 1.23. The fraction of sp³-hybridized carbons (Fsp3) is 0.467. The topological polar surface area (TPSA) is 102 Å². The Kier molecular flexibility index (Phi) is 3.45. The average Bonchev–Trinajstić information content (AvgIpc) is 3.26. The summed E-state index contributed by atoms with van der Waals surface area (Å²) in [5.41, 5.74) is 8.60. The first kappa shape index (κ1) is 14.1. The lowest BCUT2D eigenvalue weighted by atomic mass is 10.2. The molecule has 4 heterocycles. The summed E-state index contributed by atoms with van der Waals surface area (Å²) in [6.07, 6.45) is 5.63. The van der Waals surface area contributed by atoms with Gasteiger partial charge in [0.25, 0.3) is 0 Å². The van der Waals surface area contributed by atoms with E-state index < -0.39 is 0 Å². The van der Waals surface area contributed by atoms with Gasteiger partial charge in [-0.3, -0.25) is 9.58 Å². The lowest BCUT2D eigenvalue weighted by molar-refractivity contribution is 0.233. The van der Waals surface area contributed by atoms with Gasteiger partial charge in [-0.05, 0) is 32.4 Å². The number of imidazole rings is 1. The second kappa shape index (κ2) is 5.62. The smallest absolute Gasteiger partial charge is 0.183 e. The number of nitrogens with one attached hydrogen (secondary N) is 1. The van der Waals surface area contributed by atoms with Crippen molar-refractivity contribution in [2.45, 2.75) is 38.9 Å². The molecular formula is C15H20N8. The predicted molar refractivity (Wildman–Crippen MR) is 86.4 cm³/mol. The summed E-state index contributed by atoms with van der Waals surface area (Å²) in [7, 11) is 0. The van der Waals surface area contributed by atoms with Gasteiger partial charge in [-0.1, -0.05) is 0 Å². The van der Waals surface area contributed by atoms with Gasteiger partial charge in [0.1, 0.15) is 5.52 Å². The summed E-state index contributed by atoms with van der Waals surface area (Å²) < 4.78 is 2.03. The number of H-pyrrole nitrogens is 1. The summed E-state index contributed by atoms with van der Waals surface area (Å²) in [6, 6.07) is 2.25. The summed E-state index contributed by atoms with van der Waals surface area (Å²) >= 11 is 0. The van der Waals surface area contributed by atoms with Crippen LogP contribution in [0.1, 0.15) is 37.3 Å². The van der Waals surface area contributed by atoms with Crippen LogP contribution in [0.5, 0.6) is 0 Å². The minimum absolute atomic E-state index is 0.179. The molecule has 1 aliphatic rings. The third-order valence-corrected chi connectivity index (χ3v) is 4.46. The number of aryl methyl sites for hydroxylation is 1. The van der Waals surface area contributed by atoms with Crippen LogP contribution in [0.25, 0.3) is 11.2 Å². The van der Waals surface area contributed by atoms with Gasteiger partial charge >= 0.3 is 0 Å². The maximum atomic E-state index is 6.04. The Morgan fingerprint density at radius 1 is 1.39 bits per heavy atom. The number of likely N-dealkylation sites (tertiary alicyclic amines) is 1. The van der Waals surface area contributed by atoms with Crippen LogP contribution in [0.4, 0.5) is 5.82 Å². The maximum absolute atomic E-state index is 6.04. The monoisotopic (exact) mass is 312 g/mol. The van der Waals surface area contributed by atoms with Gasteiger partial charge in [-0.25, -0.2) is 15.0 Å². The van der Waals surface area contributed by atoms with Crippen molar-refractivity contribution in [1.82, 2.24) is 34.6 Å². The number of fused-ring (bicyclic) bond motifs is 1. The number of hydrogen-bond acceptors (Lipinski definition) is 6. The average molecular weight is 312 g/mol. The molecular weight excluding hydrogens is 292 g/mol. The molecule has 1 saturated heterocycles. The van der Waals surface area contributed by atoms with Crippen molar-refractivity contribution in [3.63, 3.8) is 0 Å². The van der Waals surface area contributed by atoms with Crippen LogP contribution in [0.15, 0.2) is 18.6 Å². The van der Waals surface area contributed by atoms with Gasteiger partial charge in [0, 0.05) is 19.3 Å². The Balaban J connectivity index is 1.63. The standard InChI is InChI=1S/C15H20N8/c1-2-23-10(5-6-19-23)8-22-7-3-4-11(22)14-20-13(16)12-15(21-14)18-9-17-12/h5-6,9,11H,2-4,7-8H2,1H3,(H3,16,17,18,20,21). The third-order valence-electron chi connectivity index (χ3n) is 4.46. The largest absolute Gasteiger partial charge is 0.382 e. The fourth-order valence-electron chi connectivity index (χ4n) is 3.32. The lowest BCUT2D eigenvalue weighted by Crippen LogP contribution is -2.26. The van der Waals surface area contributed by atoms with Crippen LogP contribution >= 0.6 is 0 Å². The number of rotatable bonds is 4. The van der Waals surface area contributed by atoms with Crippen LogP contribution in [0.2, 0.25) is 0 Å². The highest BCUT2D eigenvalue weighted by molar-refractivity contribution is 5.80. The summed E-state index contributed by atoms with van der Waals surface area (Å²) in [4.78, 5) is 18.7. The number of hydrogen-bond donors (Lipinski definition) is 2. The molecule has 1 fully saturated rings. The first-order valence-corrected chi connectivity index (χ1v) is 7.97. The fourth-order valence-corrected chi connectivity index (χ4v) is 3.32. The molecule has 0 spiro atoms. The summed E-state index contributed by atoms with van der Waals surface area (Å²) in [6.45, 7) is 4.86. The van der Waals surface area contributed by atoms with Crippen molar-refractivity contribution in [3.05, 3.63) is 30.1 Å². The van der Waals surface area contributed by atoms with Gasteiger partial charge in [-0.15, -0.1) is 0 Å². The third kappa shape index (κ3) is 2.44. The molecule has 3 N–H and O–H groups in total. The molecule has 3 aromatic heterocycles. The lowest BCUT2D eigenvalue weighted by Gasteiger charge is -2.23. The first-order valence-electron chi connectivity index (χ1n) is 7.97. The zero-order chi connectivity index (χ0) is 15.8. The molecule has 0 saturated carbocycles. The molecule has 0 amide bonds. The van der Waals surface area contributed by atoms with E-state index in [0.717, 1.165) is 38.3 Å². The molecule has 8 nitrogen and oxygen atoms in total. The molecule has 1 aliphatic heterocycles. The van der Waals surface area contributed by atoms with Crippen LogP contribution in [0, 0.1) is 0 Å². The zero-order valence-corrected chi connectivity index (χ0v) is 13.1. The number of aromatic nitrogens is 6. The van der Waals surface area contributed by atoms with Crippen LogP contribution in [0.3, 0.4) is 0 Å². The van der Waals surface area contributed by atoms with Gasteiger partial charge in [0.05, 0.1) is 18.1 Å². The Morgan fingerprint density at radius 2 is 2.30 bits per heavy atom. The van der Waals surface area contributed by atoms with E-state index in [0.29, 0.717) is 17.0 Å². The minimum atomic E-state index is 0.179. The van der Waals surface area contributed by atoms with Gasteiger partial charge in [0.15, 0.2) is 17.3 Å². The number of aromatic amines is 1. The first-order chi connectivity index (χ1) is 11.3. The number of anilines is 1. The highest BCUT2D eigenvalue weighted by atomic mass is 15.3. The van der Waals surface area contributed by atoms with E-state index in [1.54, 1.807) is 6.33 Å². The molecule has 1 unspecified atom stereocenters. The van der Waals surface area contributed by atoms with E-state index in [2.05, 4.69) is 42.9 Å². The molecule has 4 rings (SSSR count). The molecule has 0 radical (unpaired) electrons. The van der Waals surface area contributed by atoms with E-state index in [4.69, 9.17) is 5.73 Å². The van der Waals surface area contributed by atoms with E-state index >= 15 is 0 Å². The molecule has 120 valence electrons. The van der Waals surface area contributed by atoms with Crippen molar-refractivity contribution in [3.8, 4) is 0 Å². The maximum Gasteiger partial charge on any atom is 0.183 e. The van der Waals surface area contributed by atoms with Gasteiger partial charge in [-0.2, -0.15) is 5.10 Å². The molecule has 1 atom stereocenters. The minimum Gasteiger partial charge on any atom is -0.382 e. The SMILES string of the molecule is CCn1nccc1CN1CCCC1c1nc(N)c2[nH]cnc2n1. The molecule has 23 heavy (non-hydrogen) atoms. The van der Waals surface area contributed by atoms with Crippen molar-refractivity contribution in [1.29, 1.82) is 0 Å². The van der Waals surface area contributed by atoms with E-state index in [9.17, 15) is 0 Å². The highest BCUT2D eigenvalue weighted by Crippen LogP contribution is 2.32. The van der Waals surface area contributed by atoms with Crippen molar-refractivity contribution < 1.29 is 0 Å². The second-order valence-electron chi connectivity index (χ2n) is 5.83. The zero-order valence-electron chi connectivity index (χ0n) is 13.1. The van der Waals surface area contributed by atoms with E-state index in [1.165, 1.54) is 5.69 Å².